The van der Waals surface area contributed by atoms with Gasteiger partial charge in [0.25, 0.3) is 6.43 Å². The highest BCUT2D eigenvalue weighted by molar-refractivity contribution is 7.71. The van der Waals surface area contributed by atoms with Gasteiger partial charge in [0.1, 0.15) is 0 Å². The molecule has 0 fully saturated rings. The van der Waals surface area contributed by atoms with Gasteiger partial charge in [0, 0.05) is 9.75 Å². The number of hydrogen-bond donors (Lipinski definition) is 1. The minimum absolute atomic E-state index is 0.0461. The van der Waals surface area contributed by atoms with Crippen LogP contribution in [0.4, 0.5) is 8.78 Å². The SMILES string of the molecule is Cc1ccc(/C=N/n2c(C(F)F)n[nH]c2=S)s1. The van der Waals surface area contributed by atoms with E-state index in [4.69, 9.17) is 12.2 Å². The fraction of sp³-hybridized carbons (Fsp3) is 0.222. The van der Waals surface area contributed by atoms with Crippen LogP contribution < -0.4 is 0 Å². The topological polar surface area (TPSA) is 46.0 Å². The van der Waals surface area contributed by atoms with E-state index in [0.717, 1.165) is 14.4 Å². The highest BCUT2D eigenvalue weighted by atomic mass is 32.1. The number of aromatic amines is 1. The highest BCUT2D eigenvalue weighted by Gasteiger charge is 2.15. The van der Waals surface area contributed by atoms with E-state index in [1.54, 1.807) is 0 Å². The molecule has 2 rings (SSSR count). The van der Waals surface area contributed by atoms with Gasteiger partial charge in [-0.15, -0.1) is 11.3 Å². The monoisotopic (exact) mass is 274 g/mol. The molecule has 1 N–H and O–H groups in total. The predicted octanol–water partition coefficient (Wildman–Crippen LogP) is 3.13. The van der Waals surface area contributed by atoms with Crippen molar-refractivity contribution in [2.75, 3.05) is 0 Å². The maximum Gasteiger partial charge on any atom is 0.299 e. The standard InChI is InChI=1S/C9H8F2N4S2/c1-5-2-3-6(17-5)4-12-15-8(7(10)11)13-14-9(15)16/h2-4,7H,1H3,(H,14,16)/b12-4+. The minimum Gasteiger partial charge on any atom is -0.250 e. The zero-order valence-corrected chi connectivity index (χ0v) is 10.4. The van der Waals surface area contributed by atoms with Gasteiger partial charge in [0.15, 0.2) is 0 Å². The second kappa shape index (κ2) is 4.84. The van der Waals surface area contributed by atoms with E-state index in [2.05, 4.69) is 15.3 Å². The lowest BCUT2D eigenvalue weighted by molar-refractivity contribution is 0.136. The van der Waals surface area contributed by atoms with Crippen LogP contribution in [0.2, 0.25) is 0 Å². The van der Waals surface area contributed by atoms with Crippen molar-refractivity contribution in [3.63, 3.8) is 0 Å². The number of hydrogen-bond acceptors (Lipinski definition) is 4. The molecule has 2 heterocycles. The third-order valence-corrected chi connectivity index (χ3v) is 3.13. The Hall–Kier alpha value is -1.41. The molecule has 0 bridgehead atoms. The largest absolute Gasteiger partial charge is 0.299 e. The Balaban J connectivity index is 2.32. The molecule has 0 aliphatic carbocycles. The summed E-state index contributed by atoms with van der Waals surface area (Å²) in [5.41, 5.74) is 0. The van der Waals surface area contributed by atoms with Crippen LogP contribution in [0.1, 0.15) is 22.0 Å². The van der Waals surface area contributed by atoms with E-state index in [1.807, 2.05) is 19.1 Å². The highest BCUT2D eigenvalue weighted by Crippen LogP contribution is 2.17. The number of alkyl halides is 2. The van der Waals surface area contributed by atoms with E-state index in [0.29, 0.717) is 0 Å². The van der Waals surface area contributed by atoms with E-state index in [1.165, 1.54) is 17.6 Å². The molecular weight excluding hydrogens is 266 g/mol. The van der Waals surface area contributed by atoms with Gasteiger partial charge in [-0.25, -0.2) is 13.9 Å². The molecule has 90 valence electrons. The molecule has 17 heavy (non-hydrogen) atoms. The zero-order valence-electron chi connectivity index (χ0n) is 8.72. The molecule has 0 atom stereocenters. The van der Waals surface area contributed by atoms with E-state index >= 15 is 0 Å². The molecule has 0 amide bonds. The summed E-state index contributed by atoms with van der Waals surface area (Å²) in [6.07, 6.45) is -1.24. The number of nitrogens with zero attached hydrogens (tertiary/aromatic N) is 3. The molecule has 8 heteroatoms. The van der Waals surface area contributed by atoms with Crippen LogP contribution in [0.5, 0.6) is 0 Å². The molecule has 4 nitrogen and oxygen atoms in total. The third-order valence-electron chi connectivity index (χ3n) is 1.93. The van der Waals surface area contributed by atoms with Crippen molar-refractivity contribution >= 4 is 29.8 Å². The molecule has 0 spiro atoms. The lowest BCUT2D eigenvalue weighted by Gasteiger charge is -1.97. The molecule has 0 saturated carbocycles. The fourth-order valence-electron chi connectivity index (χ4n) is 1.19. The fourth-order valence-corrected chi connectivity index (χ4v) is 2.12. The van der Waals surface area contributed by atoms with Crippen LogP contribution in [-0.2, 0) is 0 Å². The molecule has 0 saturated heterocycles. The zero-order chi connectivity index (χ0) is 12.4. The van der Waals surface area contributed by atoms with Crippen LogP contribution in [0.25, 0.3) is 0 Å². The van der Waals surface area contributed by atoms with Gasteiger partial charge in [0.05, 0.1) is 6.21 Å². The first kappa shape index (κ1) is 12.1. The van der Waals surface area contributed by atoms with Crippen molar-refractivity contribution in [1.29, 1.82) is 0 Å². The van der Waals surface area contributed by atoms with Crippen LogP contribution in [0, 0.1) is 11.7 Å². The maximum atomic E-state index is 12.5. The van der Waals surface area contributed by atoms with Crippen LogP contribution in [0.15, 0.2) is 17.2 Å². The average molecular weight is 274 g/mol. The molecule has 2 aromatic rings. The van der Waals surface area contributed by atoms with Gasteiger partial charge < -0.3 is 0 Å². The van der Waals surface area contributed by atoms with Crippen molar-refractivity contribution in [1.82, 2.24) is 14.9 Å². The normalized spacial score (nSPS) is 11.8. The lowest BCUT2D eigenvalue weighted by atomic mass is 10.4. The quantitative estimate of drug-likeness (QED) is 0.690. The van der Waals surface area contributed by atoms with Crippen molar-refractivity contribution in [3.05, 3.63) is 32.5 Å². The Morgan fingerprint density at radius 1 is 1.59 bits per heavy atom. The molecule has 0 aliphatic rings. The van der Waals surface area contributed by atoms with Gasteiger partial charge in [-0.3, -0.25) is 0 Å². The van der Waals surface area contributed by atoms with Gasteiger partial charge >= 0.3 is 0 Å². The second-order valence-corrected chi connectivity index (χ2v) is 4.90. The molecule has 0 radical (unpaired) electrons. The molecule has 0 unspecified atom stereocenters. The summed E-state index contributed by atoms with van der Waals surface area (Å²) < 4.78 is 26.1. The van der Waals surface area contributed by atoms with Gasteiger partial charge in [-0.1, -0.05) is 0 Å². The molecule has 0 aromatic carbocycles. The summed E-state index contributed by atoms with van der Waals surface area (Å²) in [6.45, 7) is 1.95. The number of thiophene rings is 1. The first-order valence-electron chi connectivity index (χ1n) is 4.64. The maximum absolute atomic E-state index is 12.5. The summed E-state index contributed by atoms with van der Waals surface area (Å²) in [7, 11) is 0. The summed E-state index contributed by atoms with van der Waals surface area (Å²) in [5.74, 6) is -0.487. The van der Waals surface area contributed by atoms with Crippen molar-refractivity contribution in [2.45, 2.75) is 13.3 Å². The number of H-pyrrole nitrogens is 1. The smallest absolute Gasteiger partial charge is 0.250 e. The summed E-state index contributed by atoms with van der Waals surface area (Å²) in [6, 6.07) is 3.78. The van der Waals surface area contributed by atoms with Crippen LogP contribution in [-0.4, -0.2) is 21.1 Å². The van der Waals surface area contributed by atoms with Gasteiger partial charge in [-0.2, -0.15) is 14.9 Å². The first-order valence-corrected chi connectivity index (χ1v) is 5.86. The number of aryl methyl sites for hydroxylation is 1. The number of nitrogens with one attached hydrogen (secondary N) is 1. The summed E-state index contributed by atoms with van der Waals surface area (Å²) in [4.78, 5) is 1.99. The number of rotatable bonds is 3. The third kappa shape index (κ3) is 2.64. The van der Waals surface area contributed by atoms with Gasteiger partial charge in [-0.05, 0) is 31.3 Å². The van der Waals surface area contributed by atoms with Crippen molar-refractivity contribution in [2.24, 2.45) is 5.10 Å². The second-order valence-electron chi connectivity index (χ2n) is 3.19. The van der Waals surface area contributed by atoms with Crippen LogP contribution >= 0.6 is 23.6 Å². The van der Waals surface area contributed by atoms with Crippen molar-refractivity contribution < 1.29 is 8.78 Å². The Labute approximate surface area is 105 Å². The lowest BCUT2D eigenvalue weighted by Crippen LogP contribution is -1.98. The Morgan fingerprint density at radius 3 is 2.94 bits per heavy atom. The first-order chi connectivity index (χ1) is 8.08. The minimum atomic E-state index is -2.72. The number of halogens is 2. The Bertz CT molecular complexity index is 596. The Morgan fingerprint density at radius 2 is 2.35 bits per heavy atom. The summed E-state index contributed by atoms with van der Waals surface area (Å²) in [5, 5.41) is 9.60. The molecule has 2 aromatic heterocycles. The van der Waals surface area contributed by atoms with E-state index in [9.17, 15) is 8.78 Å². The van der Waals surface area contributed by atoms with Crippen LogP contribution in [0.3, 0.4) is 0 Å². The van der Waals surface area contributed by atoms with Crippen molar-refractivity contribution in [3.8, 4) is 0 Å². The predicted molar refractivity (Wildman–Crippen MR) is 64.4 cm³/mol. The Kier molecular flexibility index (Phi) is 3.43. The van der Waals surface area contributed by atoms with E-state index < -0.39 is 12.2 Å². The number of aromatic nitrogens is 3. The summed E-state index contributed by atoms with van der Waals surface area (Å²) >= 11 is 6.33. The van der Waals surface area contributed by atoms with E-state index in [-0.39, 0.29) is 4.77 Å². The average Bonchev–Trinajstić information content (AvgIpc) is 2.82. The van der Waals surface area contributed by atoms with Gasteiger partial charge in [0.2, 0.25) is 10.6 Å². The molecular formula is C9H8F2N4S2. The molecule has 0 aliphatic heterocycles.